The molecule has 2 heterocycles. The summed E-state index contributed by atoms with van der Waals surface area (Å²) in [6, 6.07) is 53.6. The monoisotopic (exact) mass is 547 g/mol. The standard InChI is InChI=1S/C40H25N3/c1-2-13-28(14-3-1)39-40(42-34-20-9-8-19-33(34)41-39)29-15-10-16-30(25-29)43-35-23-21-26-11-4-6-17-31(26)37(35)38-32-18-7-5-12-27(32)22-24-36(38)43/h1-25H. The molecule has 0 amide bonds. The normalized spacial score (nSPS) is 11.7. The van der Waals surface area contributed by atoms with Crippen molar-refractivity contribution in [1.29, 1.82) is 0 Å². The van der Waals surface area contributed by atoms with Crippen LogP contribution in [0, 0.1) is 0 Å². The fourth-order valence-electron chi connectivity index (χ4n) is 6.62. The minimum absolute atomic E-state index is 0.878. The predicted octanol–water partition coefficient (Wildman–Crippen LogP) is 10.4. The van der Waals surface area contributed by atoms with Crippen LogP contribution in [0.1, 0.15) is 0 Å². The Balaban J connectivity index is 1.36. The largest absolute Gasteiger partial charge is 0.309 e. The lowest BCUT2D eigenvalue weighted by molar-refractivity contribution is 1.18. The Hall–Kier alpha value is -5.80. The fraction of sp³-hybridized carbons (Fsp3) is 0. The van der Waals surface area contributed by atoms with E-state index in [0.717, 1.165) is 39.2 Å². The lowest BCUT2D eigenvalue weighted by Gasteiger charge is -2.13. The van der Waals surface area contributed by atoms with Crippen LogP contribution >= 0.6 is 0 Å². The third-order valence-electron chi connectivity index (χ3n) is 8.54. The highest BCUT2D eigenvalue weighted by molar-refractivity contribution is 6.28. The number of rotatable bonds is 3. The second-order valence-corrected chi connectivity index (χ2v) is 11.0. The van der Waals surface area contributed by atoms with Crippen molar-refractivity contribution >= 4 is 54.4 Å². The molecule has 0 bridgehead atoms. The van der Waals surface area contributed by atoms with Crippen molar-refractivity contribution in [3.05, 3.63) is 152 Å². The van der Waals surface area contributed by atoms with Gasteiger partial charge in [0.15, 0.2) is 0 Å². The highest BCUT2D eigenvalue weighted by Gasteiger charge is 2.19. The van der Waals surface area contributed by atoms with Gasteiger partial charge in [0.25, 0.3) is 0 Å². The van der Waals surface area contributed by atoms with E-state index in [1.54, 1.807) is 0 Å². The van der Waals surface area contributed by atoms with E-state index >= 15 is 0 Å². The molecule has 3 heteroatoms. The summed E-state index contributed by atoms with van der Waals surface area (Å²) in [5, 5.41) is 7.59. The first kappa shape index (κ1) is 23.9. The van der Waals surface area contributed by atoms with E-state index in [1.165, 1.54) is 43.4 Å². The van der Waals surface area contributed by atoms with E-state index in [2.05, 4.69) is 126 Å². The van der Waals surface area contributed by atoms with Gasteiger partial charge in [-0.05, 0) is 57.9 Å². The number of para-hydroxylation sites is 2. The highest BCUT2D eigenvalue weighted by atomic mass is 15.0. The van der Waals surface area contributed by atoms with E-state index in [9.17, 15) is 0 Å². The molecule has 7 aromatic carbocycles. The number of aromatic nitrogens is 3. The third-order valence-corrected chi connectivity index (χ3v) is 8.54. The number of hydrogen-bond donors (Lipinski definition) is 0. The second-order valence-electron chi connectivity index (χ2n) is 11.0. The summed E-state index contributed by atoms with van der Waals surface area (Å²) < 4.78 is 2.41. The van der Waals surface area contributed by atoms with E-state index in [0.29, 0.717) is 0 Å². The van der Waals surface area contributed by atoms with E-state index < -0.39 is 0 Å². The van der Waals surface area contributed by atoms with Gasteiger partial charge in [-0.1, -0.05) is 115 Å². The maximum Gasteiger partial charge on any atom is 0.0973 e. The Morgan fingerprint density at radius 2 is 0.907 bits per heavy atom. The van der Waals surface area contributed by atoms with Crippen molar-refractivity contribution in [1.82, 2.24) is 14.5 Å². The van der Waals surface area contributed by atoms with Crippen molar-refractivity contribution in [2.45, 2.75) is 0 Å². The van der Waals surface area contributed by atoms with Crippen molar-refractivity contribution in [3.8, 4) is 28.2 Å². The summed E-state index contributed by atoms with van der Waals surface area (Å²) in [7, 11) is 0. The molecule has 0 aliphatic rings. The zero-order valence-corrected chi connectivity index (χ0v) is 23.3. The van der Waals surface area contributed by atoms with Crippen molar-refractivity contribution in [2.24, 2.45) is 0 Å². The number of fused-ring (bicyclic) bond motifs is 8. The molecular weight excluding hydrogens is 522 g/mol. The first-order chi connectivity index (χ1) is 21.3. The zero-order chi connectivity index (χ0) is 28.3. The lowest BCUT2D eigenvalue weighted by atomic mass is 10.00. The Morgan fingerprint density at radius 3 is 1.53 bits per heavy atom. The molecule has 9 aromatic rings. The summed E-state index contributed by atoms with van der Waals surface area (Å²) in [6.45, 7) is 0. The Bertz CT molecular complexity index is 2410. The average molecular weight is 548 g/mol. The lowest BCUT2D eigenvalue weighted by Crippen LogP contribution is -1.98. The van der Waals surface area contributed by atoms with Gasteiger partial charge in [-0.15, -0.1) is 0 Å². The molecule has 0 fully saturated rings. The molecule has 200 valence electrons. The molecule has 0 N–H and O–H groups in total. The molecule has 3 nitrogen and oxygen atoms in total. The van der Waals surface area contributed by atoms with Gasteiger partial charge >= 0.3 is 0 Å². The van der Waals surface area contributed by atoms with Crippen LogP contribution in [0.15, 0.2) is 152 Å². The molecule has 0 radical (unpaired) electrons. The van der Waals surface area contributed by atoms with Gasteiger partial charge in [0.1, 0.15) is 0 Å². The molecule has 0 atom stereocenters. The predicted molar refractivity (Wildman–Crippen MR) is 180 cm³/mol. The van der Waals surface area contributed by atoms with Gasteiger partial charge in [-0.25, -0.2) is 9.97 Å². The Morgan fingerprint density at radius 1 is 0.395 bits per heavy atom. The molecule has 0 saturated heterocycles. The Labute approximate surface area is 248 Å². The molecular formula is C40H25N3. The van der Waals surface area contributed by atoms with Crippen LogP contribution in [0.3, 0.4) is 0 Å². The number of hydrogen-bond acceptors (Lipinski definition) is 2. The quantitative estimate of drug-likeness (QED) is 0.220. The van der Waals surface area contributed by atoms with E-state index in [-0.39, 0.29) is 0 Å². The summed E-state index contributed by atoms with van der Waals surface area (Å²) >= 11 is 0. The van der Waals surface area contributed by atoms with E-state index in [4.69, 9.17) is 9.97 Å². The fourth-order valence-corrected chi connectivity index (χ4v) is 6.62. The van der Waals surface area contributed by atoms with Crippen LogP contribution in [-0.2, 0) is 0 Å². The van der Waals surface area contributed by atoms with E-state index in [1.807, 2.05) is 30.3 Å². The van der Waals surface area contributed by atoms with Gasteiger partial charge in [-0.2, -0.15) is 0 Å². The van der Waals surface area contributed by atoms with Gasteiger partial charge < -0.3 is 4.57 Å². The summed E-state index contributed by atoms with van der Waals surface area (Å²) in [6.07, 6.45) is 0. The Kier molecular flexibility index (Phi) is 5.20. The third kappa shape index (κ3) is 3.68. The van der Waals surface area contributed by atoms with Gasteiger partial charge in [-0.3, -0.25) is 0 Å². The molecule has 0 saturated carbocycles. The smallest absolute Gasteiger partial charge is 0.0973 e. The van der Waals surface area contributed by atoms with Crippen LogP contribution in [0.4, 0.5) is 0 Å². The SMILES string of the molecule is c1ccc(-c2nc3ccccc3nc2-c2cccc(-n3c4ccc5ccccc5c4c4c5ccccc5ccc43)c2)cc1. The minimum Gasteiger partial charge on any atom is -0.309 e. The molecule has 0 spiro atoms. The summed E-state index contributed by atoms with van der Waals surface area (Å²) in [5.41, 5.74) is 9.10. The van der Waals surface area contributed by atoms with Gasteiger partial charge in [0.05, 0.1) is 33.5 Å². The molecule has 0 unspecified atom stereocenters. The summed E-state index contributed by atoms with van der Waals surface area (Å²) in [5.74, 6) is 0. The first-order valence-corrected chi connectivity index (χ1v) is 14.6. The second kappa shape index (κ2) is 9.37. The average Bonchev–Trinajstić information content (AvgIpc) is 3.43. The highest BCUT2D eigenvalue weighted by Crippen LogP contribution is 2.41. The van der Waals surface area contributed by atoms with Crippen LogP contribution in [0.25, 0.3) is 82.6 Å². The molecule has 0 aliphatic heterocycles. The first-order valence-electron chi connectivity index (χ1n) is 14.6. The van der Waals surface area contributed by atoms with Crippen LogP contribution in [-0.4, -0.2) is 14.5 Å². The minimum atomic E-state index is 0.878. The van der Waals surface area contributed by atoms with Gasteiger partial charge in [0, 0.05) is 27.6 Å². The van der Waals surface area contributed by atoms with Gasteiger partial charge in [0.2, 0.25) is 0 Å². The van der Waals surface area contributed by atoms with Crippen LogP contribution < -0.4 is 0 Å². The zero-order valence-electron chi connectivity index (χ0n) is 23.3. The number of nitrogens with zero attached hydrogens (tertiary/aromatic N) is 3. The maximum absolute atomic E-state index is 5.18. The molecule has 9 rings (SSSR count). The van der Waals surface area contributed by atoms with Crippen molar-refractivity contribution < 1.29 is 0 Å². The topological polar surface area (TPSA) is 30.7 Å². The summed E-state index contributed by atoms with van der Waals surface area (Å²) in [4.78, 5) is 10.3. The maximum atomic E-state index is 5.18. The number of benzene rings is 7. The molecule has 2 aromatic heterocycles. The van der Waals surface area contributed by atoms with Crippen molar-refractivity contribution in [2.75, 3.05) is 0 Å². The van der Waals surface area contributed by atoms with Crippen LogP contribution in [0.2, 0.25) is 0 Å². The van der Waals surface area contributed by atoms with Crippen molar-refractivity contribution in [3.63, 3.8) is 0 Å². The molecule has 43 heavy (non-hydrogen) atoms. The van der Waals surface area contributed by atoms with Crippen LogP contribution in [0.5, 0.6) is 0 Å². The molecule has 0 aliphatic carbocycles.